The summed E-state index contributed by atoms with van der Waals surface area (Å²) >= 11 is 0. The summed E-state index contributed by atoms with van der Waals surface area (Å²) in [5, 5.41) is 0. The van der Waals surface area contributed by atoms with E-state index in [0.29, 0.717) is 0 Å². The van der Waals surface area contributed by atoms with E-state index in [1.807, 2.05) is 0 Å². The second-order valence-corrected chi connectivity index (χ2v) is 1.54. The Morgan fingerprint density at radius 2 is 1.29 bits per heavy atom. The van der Waals surface area contributed by atoms with Crippen molar-refractivity contribution in [3.05, 3.63) is 0 Å². The quantitative estimate of drug-likeness (QED) is 0.392. The molecular weight excluding hydrogens is 287 g/mol. The Morgan fingerprint density at radius 3 is 1.29 bits per heavy atom. The zero-order chi connectivity index (χ0) is 4.50. The predicted molar refractivity (Wildman–Crippen MR) is 22.2 cm³/mol. The summed E-state index contributed by atoms with van der Waals surface area (Å²) in [5.74, 6) is 0. The minimum absolute atomic E-state index is 0. The maximum absolute atomic E-state index is 8.88. The molecule has 0 aromatic heterocycles. The second-order valence-electron chi connectivity index (χ2n) is 0.513. The van der Waals surface area contributed by atoms with Crippen molar-refractivity contribution in [2.45, 2.75) is 0 Å². The molecule has 0 aromatic carbocycles. The summed E-state index contributed by atoms with van der Waals surface area (Å²) in [6.07, 6.45) is 0. The number of phosphoric acid groups is 1. The Hall–Kier alpha value is 2.95. The summed E-state index contributed by atoms with van der Waals surface area (Å²) in [4.78, 5) is 21.6. The molecule has 0 saturated heterocycles. The fraction of sp³-hybridized carbons (Fsp3) is 0. The molecule has 43 valence electrons. The summed E-state index contributed by atoms with van der Waals surface area (Å²) in [5.41, 5.74) is 0. The van der Waals surface area contributed by atoms with Crippen molar-refractivity contribution in [1.82, 2.24) is 0 Å². The number of hydrogen-bond donors (Lipinski definition) is 3. The Balaban J connectivity index is -0.0000000133. The fourth-order valence-electron chi connectivity index (χ4n) is 0. The molecule has 0 spiro atoms. The SMILES string of the molecule is O=P(O)(O)O.[Ca+2].[Eu].[H-].[H-]. The smallest absolute Gasteiger partial charge is 1.00 e. The van der Waals surface area contributed by atoms with Crippen molar-refractivity contribution in [1.29, 1.82) is 0 Å². The molecule has 0 aliphatic heterocycles. The van der Waals surface area contributed by atoms with Crippen LogP contribution in [0.3, 0.4) is 0 Å². The van der Waals surface area contributed by atoms with Crippen LogP contribution in [0.1, 0.15) is 2.85 Å². The van der Waals surface area contributed by atoms with Gasteiger partial charge in [-0.25, -0.2) is 4.57 Å². The monoisotopic (exact) mass is 293 g/mol. The molecule has 0 aliphatic carbocycles. The second kappa shape index (κ2) is 7.07. The van der Waals surface area contributed by atoms with Gasteiger partial charge in [0.1, 0.15) is 0 Å². The molecule has 0 aliphatic rings. The van der Waals surface area contributed by atoms with Crippen LogP contribution in [-0.4, -0.2) is 52.4 Å². The van der Waals surface area contributed by atoms with E-state index in [-0.39, 0.29) is 90.0 Å². The van der Waals surface area contributed by atoms with Crippen LogP contribution >= 0.6 is 7.82 Å². The molecule has 0 rings (SSSR count). The molecule has 0 fully saturated rings. The summed E-state index contributed by atoms with van der Waals surface area (Å²) in [7, 11) is -4.64. The Bertz CT molecular complexity index is 64.7. The normalized spacial score (nSPS) is 8.43. The van der Waals surface area contributed by atoms with Crippen LogP contribution in [0.15, 0.2) is 0 Å². The standard InChI is InChI=1S/Ca.Eu.H3O4P.2H/c;;1-5(2,3)4;;/h;;(H3,1,2,3,4);;/q+2;;;2*-1. The minimum atomic E-state index is -4.64. The summed E-state index contributed by atoms with van der Waals surface area (Å²) in [6.45, 7) is 0. The minimum Gasteiger partial charge on any atom is -1.00 e. The van der Waals surface area contributed by atoms with Crippen molar-refractivity contribution >= 4 is 45.6 Å². The molecule has 0 saturated carbocycles. The maximum Gasteiger partial charge on any atom is 2.00 e. The first-order valence-corrected chi connectivity index (χ1v) is 2.35. The summed E-state index contributed by atoms with van der Waals surface area (Å²) in [6, 6.07) is 0. The average molecular weight is 292 g/mol. The predicted octanol–water partition coefficient (Wildman–Crippen LogP) is -1.08. The zero-order valence-electron chi connectivity index (χ0n) is 5.28. The van der Waals surface area contributed by atoms with E-state index < -0.39 is 7.82 Å². The van der Waals surface area contributed by atoms with Crippen LogP contribution < -0.4 is 0 Å². The van der Waals surface area contributed by atoms with Crippen molar-refractivity contribution in [2.75, 3.05) is 0 Å². The van der Waals surface area contributed by atoms with Gasteiger partial charge < -0.3 is 17.5 Å². The molecule has 3 N–H and O–H groups in total. The van der Waals surface area contributed by atoms with E-state index in [9.17, 15) is 0 Å². The van der Waals surface area contributed by atoms with Crippen LogP contribution in [0, 0.1) is 49.4 Å². The van der Waals surface area contributed by atoms with E-state index in [1.54, 1.807) is 0 Å². The largest absolute Gasteiger partial charge is 2.00 e. The Labute approximate surface area is 114 Å². The maximum atomic E-state index is 8.88. The molecule has 0 bridgehead atoms. The van der Waals surface area contributed by atoms with Gasteiger partial charge in [-0.3, -0.25) is 0 Å². The molecule has 0 unspecified atom stereocenters. The van der Waals surface area contributed by atoms with Gasteiger partial charge in [-0.15, -0.1) is 0 Å². The summed E-state index contributed by atoms with van der Waals surface area (Å²) < 4.78 is 8.88. The zero-order valence-corrected chi connectivity index (χ0v) is 8.81. The van der Waals surface area contributed by atoms with E-state index in [2.05, 4.69) is 0 Å². The molecular formula is H5CaEuO4P. The molecule has 0 heterocycles. The van der Waals surface area contributed by atoms with Crippen LogP contribution in [0.4, 0.5) is 0 Å². The van der Waals surface area contributed by atoms with E-state index >= 15 is 0 Å². The molecule has 1 radical (unpaired) electrons. The third-order valence-electron chi connectivity index (χ3n) is 0. The molecule has 0 aromatic rings. The van der Waals surface area contributed by atoms with E-state index in [1.165, 1.54) is 0 Å². The van der Waals surface area contributed by atoms with Crippen molar-refractivity contribution in [3.63, 3.8) is 0 Å². The number of rotatable bonds is 0. The molecule has 7 heavy (non-hydrogen) atoms. The third kappa shape index (κ3) is 49.6. The van der Waals surface area contributed by atoms with Gasteiger partial charge in [-0.1, -0.05) is 0 Å². The van der Waals surface area contributed by atoms with Gasteiger partial charge in [0, 0.05) is 49.4 Å². The van der Waals surface area contributed by atoms with Crippen molar-refractivity contribution < 1.29 is 71.5 Å². The van der Waals surface area contributed by atoms with Crippen molar-refractivity contribution in [2.24, 2.45) is 0 Å². The van der Waals surface area contributed by atoms with Crippen LogP contribution in [0.25, 0.3) is 0 Å². The molecule has 4 nitrogen and oxygen atoms in total. The van der Waals surface area contributed by atoms with Crippen LogP contribution in [-0.2, 0) is 4.57 Å². The Morgan fingerprint density at radius 1 is 1.29 bits per heavy atom. The first kappa shape index (κ1) is 16.5. The molecule has 0 atom stereocenters. The van der Waals surface area contributed by atoms with Gasteiger partial charge in [-0.05, 0) is 0 Å². The van der Waals surface area contributed by atoms with Gasteiger partial charge >= 0.3 is 45.6 Å². The fourth-order valence-corrected chi connectivity index (χ4v) is 0. The van der Waals surface area contributed by atoms with Crippen LogP contribution in [0.5, 0.6) is 0 Å². The van der Waals surface area contributed by atoms with Gasteiger partial charge in [0.2, 0.25) is 0 Å². The molecule has 0 amide bonds. The van der Waals surface area contributed by atoms with Gasteiger partial charge in [-0.2, -0.15) is 0 Å². The average Bonchev–Trinajstić information content (AvgIpc) is 0.722. The Kier molecular flexibility index (Phi) is 16.7. The van der Waals surface area contributed by atoms with E-state index in [0.717, 1.165) is 0 Å². The van der Waals surface area contributed by atoms with E-state index in [4.69, 9.17) is 19.2 Å². The van der Waals surface area contributed by atoms with Gasteiger partial charge in [0.25, 0.3) is 0 Å². The first-order chi connectivity index (χ1) is 2.00. The van der Waals surface area contributed by atoms with Crippen LogP contribution in [0.2, 0.25) is 0 Å². The van der Waals surface area contributed by atoms with Gasteiger partial charge in [0.15, 0.2) is 0 Å². The number of hydrogen-bond acceptors (Lipinski definition) is 1. The molecule has 7 heteroatoms. The first-order valence-electron chi connectivity index (χ1n) is 0.783. The third-order valence-corrected chi connectivity index (χ3v) is 0. The van der Waals surface area contributed by atoms with Gasteiger partial charge in [0.05, 0.1) is 0 Å². The van der Waals surface area contributed by atoms with Crippen molar-refractivity contribution in [3.8, 4) is 0 Å². The topological polar surface area (TPSA) is 77.8 Å².